The van der Waals surface area contributed by atoms with E-state index >= 15 is 0 Å². The molecule has 0 aromatic carbocycles. The summed E-state index contributed by atoms with van der Waals surface area (Å²) in [4.78, 5) is 36.5. The molecule has 6 nitrogen and oxygen atoms in total. The predicted molar refractivity (Wildman–Crippen MR) is 116 cm³/mol. The van der Waals surface area contributed by atoms with Crippen LogP contribution in [0.5, 0.6) is 0 Å². The number of aryl methyl sites for hydroxylation is 2. The van der Waals surface area contributed by atoms with Crippen molar-refractivity contribution >= 4 is 61.5 Å². The van der Waals surface area contributed by atoms with Crippen LogP contribution in [0.15, 0.2) is 17.4 Å². The van der Waals surface area contributed by atoms with Crippen molar-refractivity contribution in [1.82, 2.24) is 9.97 Å². The van der Waals surface area contributed by atoms with Gasteiger partial charge < -0.3 is 11.1 Å². The van der Waals surface area contributed by atoms with Crippen LogP contribution in [0.4, 0.5) is 5.00 Å². The lowest BCUT2D eigenvalue weighted by atomic mass is 9.95. The Hall–Kier alpha value is -1.97. The number of nitrogens with two attached hydrogens (primary N) is 1. The van der Waals surface area contributed by atoms with E-state index in [9.17, 15) is 9.59 Å². The first-order valence-electron chi connectivity index (χ1n) is 9.17. The Bertz CT molecular complexity index is 1060. The summed E-state index contributed by atoms with van der Waals surface area (Å²) in [6.07, 6.45) is 6.45. The molecule has 0 saturated carbocycles. The fraction of sp³-hybridized carbons (Fsp3) is 0.368. The lowest BCUT2D eigenvalue weighted by Gasteiger charge is -2.11. The summed E-state index contributed by atoms with van der Waals surface area (Å²) in [5, 5.41) is 5.28. The number of carbonyl (C=O) groups is 2. The van der Waals surface area contributed by atoms with Crippen LogP contribution in [0.3, 0.4) is 0 Å². The third-order valence-corrected chi connectivity index (χ3v) is 8.10. The highest BCUT2D eigenvalue weighted by molar-refractivity contribution is 8.00. The first kappa shape index (κ1) is 19.4. The van der Waals surface area contributed by atoms with Gasteiger partial charge in [0.1, 0.15) is 21.2 Å². The Morgan fingerprint density at radius 3 is 2.86 bits per heavy atom. The van der Waals surface area contributed by atoms with Crippen LogP contribution < -0.4 is 11.1 Å². The fourth-order valence-electron chi connectivity index (χ4n) is 3.38. The van der Waals surface area contributed by atoms with Crippen molar-refractivity contribution in [2.45, 2.75) is 44.1 Å². The molecule has 28 heavy (non-hydrogen) atoms. The zero-order valence-corrected chi connectivity index (χ0v) is 17.9. The SMILES string of the molecule is CCc1cc2c(SCC(=O)Nc3sc4c(c3C(N)=O)CCCC4)ncnc2s1. The zero-order valence-electron chi connectivity index (χ0n) is 15.4. The largest absolute Gasteiger partial charge is 0.365 e. The van der Waals surface area contributed by atoms with E-state index < -0.39 is 5.91 Å². The normalized spacial score (nSPS) is 13.5. The molecule has 0 fully saturated rings. The summed E-state index contributed by atoms with van der Waals surface area (Å²) in [7, 11) is 0. The number of fused-ring (bicyclic) bond motifs is 2. The van der Waals surface area contributed by atoms with Gasteiger partial charge in [-0.25, -0.2) is 9.97 Å². The number of nitrogens with zero attached hydrogens (tertiary/aromatic N) is 2. The highest BCUT2D eigenvalue weighted by Gasteiger charge is 2.25. The van der Waals surface area contributed by atoms with E-state index in [1.165, 1.54) is 39.2 Å². The van der Waals surface area contributed by atoms with Crippen molar-refractivity contribution < 1.29 is 9.59 Å². The number of aromatic nitrogens is 2. The van der Waals surface area contributed by atoms with Crippen molar-refractivity contribution in [3.8, 4) is 0 Å². The van der Waals surface area contributed by atoms with Gasteiger partial charge in [-0.1, -0.05) is 18.7 Å². The van der Waals surface area contributed by atoms with Gasteiger partial charge in [0.15, 0.2) is 0 Å². The number of anilines is 1. The molecule has 1 aliphatic carbocycles. The van der Waals surface area contributed by atoms with Gasteiger partial charge in [0.25, 0.3) is 5.91 Å². The zero-order chi connectivity index (χ0) is 19.7. The second kappa shape index (κ2) is 8.18. The number of amides is 2. The maximum absolute atomic E-state index is 12.6. The number of thioether (sulfide) groups is 1. The van der Waals surface area contributed by atoms with Gasteiger partial charge in [-0.3, -0.25) is 9.59 Å². The van der Waals surface area contributed by atoms with Crippen LogP contribution in [0, 0.1) is 0 Å². The summed E-state index contributed by atoms with van der Waals surface area (Å²) in [5.74, 6) is -0.418. The van der Waals surface area contributed by atoms with Gasteiger partial charge in [0.05, 0.1) is 11.3 Å². The van der Waals surface area contributed by atoms with E-state index in [1.54, 1.807) is 11.3 Å². The van der Waals surface area contributed by atoms with Gasteiger partial charge in [-0.2, -0.15) is 0 Å². The number of thiophene rings is 2. The first-order chi connectivity index (χ1) is 13.6. The molecule has 3 N–H and O–H groups in total. The minimum absolute atomic E-state index is 0.163. The summed E-state index contributed by atoms with van der Waals surface area (Å²) < 4.78 is 0. The van der Waals surface area contributed by atoms with E-state index in [-0.39, 0.29) is 11.7 Å². The second-order valence-electron chi connectivity index (χ2n) is 6.58. The topological polar surface area (TPSA) is 98.0 Å². The van der Waals surface area contributed by atoms with Gasteiger partial charge in [-0.05, 0) is 43.7 Å². The quantitative estimate of drug-likeness (QED) is 0.453. The van der Waals surface area contributed by atoms with Gasteiger partial charge in [-0.15, -0.1) is 22.7 Å². The molecule has 146 valence electrons. The maximum atomic E-state index is 12.6. The van der Waals surface area contributed by atoms with Gasteiger partial charge in [0.2, 0.25) is 5.91 Å². The van der Waals surface area contributed by atoms with Crippen molar-refractivity contribution in [3.05, 3.63) is 33.3 Å². The highest BCUT2D eigenvalue weighted by atomic mass is 32.2. The van der Waals surface area contributed by atoms with E-state index in [1.807, 2.05) is 0 Å². The van der Waals surface area contributed by atoms with Crippen LogP contribution in [0.2, 0.25) is 0 Å². The van der Waals surface area contributed by atoms with Gasteiger partial charge in [0, 0.05) is 15.1 Å². The highest BCUT2D eigenvalue weighted by Crippen LogP contribution is 2.38. The average molecular weight is 433 g/mol. The fourth-order valence-corrected chi connectivity index (χ4v) is 6.47. The molecule has 1 aliphatic rings. The lowest BCUT2D eigenvalue weighted by Crippen LogP contribution is -2.19. The maximum Gasteiger partial charge on any atom is 0.251 e. The summed E-state index contributed by atoms with van der Waals surface area (Å²) in [6, 6.07) is 2.10. The summed E-state index contributed by atoms with van der Waals surface area (Å²) in [6.45, 7) is 2.11. The minimum atomic E-state index is -0.467. The first-order valence-corrected chi connectivity index (χ1v) is 11.8. The molecule has 2 amide bonds. The minimum Gasteiger partial charge on any atom is -0.365 e. The number of nitrogens with one attached hydrogen (secondary N) is 1. The van der Waals surface area contributed by atoms with E-state index in [2.05, 4.69) is 28.3 Å². The Kier molecular flexibility index (Phi) is 5.65. The Labute approximate surface area is 175 Å². The standard InChI is InChI=1S/C19H20N4O2S3/c1-2-10-7-12-17(21-9-22-18(12)27-10)26-8-14(24)23-19-15(16(20)25)11-5-3-4-6-13(11)28-19/h7,9H,2-6,8H2,1H3,(H2,20,25)(H,23,24). The Balaban J connectivity index is 1.49. The monoisotopic (exact) mass is 432 g/mol. The number of rotatable bonds is 6. The molecule has 0 atom stereocenters. The van der Waals surface area contributed by atoms with Crippen molar-refractivity contribution in [3.63, 3.8) is 0 Å². The molecule has 0 unspecified atom stereocenters. The van der Waals surface area contributed by atoms with Crippen LogP contribution in [-0.2, 0) is 24.1 Å². The van der Waals surface area contributed by atoms with Crippen LogP contribution >= 0.6 is 34.4 Å². The van der Waals surface area contributed by atoms with E-state index in [0.29, 0.717) is 10.6 Å². The molecule has 3 heterocycles. The average Bonchev–Trinajstić information content (AvgIpc) is 3.27. The number of hydrogen-bond donors (Lipinski definition) is 2. The van der Waals surface area contributed by atoms with Crippen molar-refractivity contribution in [1.29, 1.82) is 0 Å². The predicted octanol–water partition coefficient (Wildman–Crippen LogP) is 4.02. The van der Waals surface area contributed by atoms with Crippen LogP contribution in [-0.4, -0.2) is 27.5 Å². The Morgan fingerprint density at radius 1 is 1.25 bits per heavy atom. The van der Waals surface area contributed by atoms with Crippen molar-refractivity contribution in [2.24, 2.45) is 5.73 Å². The summed E-state index contributed by atoms with van der Waals surface area (Å²) >= 11 is 4.52. The van der Waals surface area contributed by atoms with Crippen LogP contribution in [0.25, 0.3) is 10.2 Å². The number of carbonyl (C=O) groups excluding carboxylic acids is 2. The molecule has 3 aromatic heterocycles. The molecule has 0 bridgehead atoms. The molecule has 0 spiro atoms. The molecule has 9 heteroatoms. The molecular weight excluding hydrogens is 412 g/mol. The third kappa shape index (κ3) is 3.78. The molecule has 0 aliphatic heterocycles. The Morgan fingerprint density at radius 2 is 2.07 bits per heavy atom. The molecule has 4 rings (SSSR count). The van der Waals surface area contributed by atoms with E-state index in [4.69, 9.17) is 5.73 Å². The molecule has 0 saturated heterocycles. The number of hydrogen-bond acceptors (Lipinski definition) is 7. The third-order valence-electron chi connectivity index (χ3n) is 4.70. The van der Waals surface area contributed by atoms with Gasteiger partial charge >= 0.3 is 0 Å². The molecule has 0 radical (unpaired) electrons. The van der Waals surface area contributed by atoms with E-state index in [0.717, 1.165) is 52.9 Å². The molecule has 3 aromatic rings. The van der Waals surface area contributed by atoms with Crippen LogP contribution in [0.1, 0.15) is 45.4 Å². The van der Waals surface area contributed by atoms with Crippen molar-refractivity contribution in [2.75, 3.05) is 11.1 Å². The summed E-state index contributed by atoms with van der Waals surface area (Å²) in [5.41, 5.74) is 7.11. The number of primary amides is 1. The second-order valence-corrected chi connectivity index (χ2v) is 9.76. The molecular formula is C19H20N4O2S3. The lowest BCUT2D eigenvalue weighted by molar-refractivity contribution is -0.113. The smallest absolute Gasteiger partial charge is 0.251 e.